The molecule has 0 heterocycles. The minimum Gasteiger partial charge on any atom is -0.0999 e. The molecule has 0 fully saturated rings. The van der Waals surface area contributed by atoms with Gasteiger partial charge in [0.15, 0.2) is 0 Å². The maximum Gasteiger partial charge on any atom is -0.0127 e. The van der Waals surface area contributed by atoms with Gasteiger partial charge in [0.05, 0.1) is 0 Å². The van der Waals surface area contributed by atoms with Crippen molar-refractivity contribution in [3.63, 3.8) is 0 Å². The van der Waals surface area contributed by atoms with E-state index in [1.54, 1.807) is 5.57 Å². The van der Waals surface area contributed by atoms with Gasteiger partial charge in [-0.15, -0.1) is 0 Å². The highest BCUT2D eigenvalue weighted by molar-refractivity contribution is 5.34. The molecule has 0 radical (unpaired) electrons. The molecule has 0 amide bonds. The fourth-order valence-electron chi connectivity index (χ4n) is 2.70. The van der Waals surface area contributed by atoms with Gasteiger partial charge < -0.3 is 0 Å². The second kappa shape index (κ2) is 4.83. The largest absolute Gasteiger partial charge is 0.0999 e. The van der Waals surface area contributed by atoms with E-state index in [9.17, 15) is 0 Å². The lowest BCUT2D eigenvalue weighted by Crippen LogP contribution is -2.04. The van der Waals surface area contributed by atoms with Crippen LogP contribution in [0.4, 0.5) is 0 Å². The van der Waals surface area contributed by atoms with Gasteiger partial charge in [-0.2, -0.15) is 0 Å². The average molecular weight is 202 g/mol. The van der Waals surface area contributed by atoms with Gasteiger partial charge in [-0.1, -0.05) is 49.3 Å². The predicted octanol–water partition coefficient (Wildman–Crippen LogP) is 4.65. The first-order valence-electron chi connectivity index (χ1n) is 6.35. The Kier molecular flexibility index (Phi) is 3.45. The maximum atomic E-state index is 4.06. The van der Waals surface area contributed by atoms with Crippen LogP contribution in [0.15, 0.2) is 36.0 Å². The van der Waals surface area contributed by atoms with Crippen LogP contribution >= 0.6 is 0 Å². The van der Waals surface area contributed by atoms with Crippen LogP contribution in [0, 0.1) is 11.8 Å². The van der Waals surface area contributed by atoms with E-state index in [0.717, 1.165) is 18.3 Å². The summed E-state index contributed by atoms with van der Waals surface area (Å²) in [5, 5.41) is 0. The van der Waals surface area contributed by atoms with Crippen molar-refractivity contribution in [3.05, 3.63) is 36.0 Å². The molecule has 0 saturated carbocycles. The summed E-state index contributed by atoms with van der Waals surface area (Å²) in [6.07, 6.45) is 15.0. The van der Waals surface area contributed by atoms with E-state index >= 15 is 0 Å². The molecule has 0 spiro atoms. The van der Waals surface area contributed by atoms with Crippen molar-refractivity contribution in [2.75, 3.05) is 0 Å². The van der Waals surface area contributed by atoms with E-state index in [2.05, 4.69) is 31.7 Å². The van der Waals surface area contributed by atoms with E-state index < -0.39 is 0 Å². The monoisotopic (exact) mass is 202 g/mol. The summed E-state index contributed by atoms with van der Waals surface area (Å²) in [5.41, 5.74) is 3.00. The van der Waals surface area contributed by atoms with Gasteiger partial charge in [0.2, 0.25) is 0 Å². The lowest BCUT2D eigenvalue weighted by Gasteiger charge is -2.14. The highest BCUT2D eigenvalue weighted by Crippen LogP contribution is 2.40. The molecule has 2 atom stereocenters. The first-order valence-corrected chi connectivity index (χ1v) is 6.35. The van der Waals surface area contributed by atoms with Crippen LogP contribution in [0.25, 0.3) is 0 Å². The molecule has 0 nitrogen and oxygen atoms in total. The molecule has 15 heavy (non-hydrogen) atoms. The van der Waals surface area contributed by atoms with Gasteiger partial charge in [0.25, 0.3) is 0 Å². The summed E-state index contributed by atoms with van der Waals surface area (Å²) in [6.45, 7) is 6.26. The number of hydrogen-bond donors (Lipinski definition) is 0. The van der Waals surface area contributed by atoms with Crippen LogP contribution in [0.5, 0.6) is 0 Å². The first kappa shape index (κ1) is 10.7. The fraction of sp³-hybridized carbons (Fsp3) is 0.600. The summed E-state index contributed by atoms with van der Waals surface area (Å²) in [7, 11) is 0. The molecule has 2 aliphatic carbocycles. The summed E-state index contributed by atoms with van der Waals surface area (Å²) in [4.78, 5) is 0. The second-order valence-corrected chi connectivity index (χ2v) is 4.98. The van der Waals surface area contributed by atoms with Gasteiger partial charge >= 0.3 is 0 Å². The number of allylic oxidation sites excluding steroid dienone is 5. The molecular formula is C15H22. The molecule has 0 heteroatoms. The van der Waals surface area contributed by atoms with Crippen LogP contribution in [0.3, 0.4) is 0 Å². The maximum absolute atomic E-state index is 4.06. The molecular weight excluding hydrogens is 180 g/mol. The van der Waals surface area contributed by atoms with Gasteiger partial charge in [0.1, 0.15) is 0 Å². The molecule has 0 aromatic rings. The Morgan fingerprint density at radius 1 is 1.47 bits per heavy atom. The molecule has 2 unspecified atom stereocenters. The molecule has 82 valence electrons. The number of rotatable bonds is 6. The molecule has 0 aliphatic heterocycles. The van der Waals surface area contributed by atoms with E-state index in [-0.39, 0.29) is 0 Å². The Morgan fingerprint density at radius 2 is 2.33 bits per heavy atom. The van der Waals surface area contributed by atoms with Crippen molar-refractivity contribution >= 4 is 0 Å². The third kappa shape index (κ3) is 2.62. The zero-order valence-electron chi connectivity index (χ0n) is 9.84. The van der Waals surface area contributed by atoms with Crippen molar-refractivity contribution in [2.45, 2.75) is 45.4 Å². The number of fused-ring (bicyclic) bond motifs is 2. The van der Waals surface area contributed by atoms with Crippen LogP contribution in [-0.2, 0) is 0 Å². The minimum absolute atomic E-state index is 0.856. The van der Waals surface area contributed by atoms with E-state index in [1.165, 1.54) is 37.7 Å². The Bertz CT molecular complexity index is 293. The Morgan fingerprint density at radius 3 is 2.93 bits per heavy atom. The lowest BCUT2D eigenvalue weighted by atomic mass is 9.90. The van der Waals surface area contributed by atoms with Crippen LogP contribution in [-0.4, -0.2) is 0 Å². The third-order valence-electron chi connectivity index (χ3n) is 3.82. The Labute approximate surface area is 93.8 Å². The SMILES string of the molecule is C=C(CC)CCCCC1C=C2C=CC1C2. The fourth-order valence-corrected chi connectivity index (χ4v) is 2.70. The van der Waals surface area contributed by atoms with Gasteiger partial charge in [-0.3, -0.25) is 0 Å². The van der Waals surface area contributed by atoms with E-state index in [4.69, 9.17) is 0 Å². The van der Waals surface area contributed by atoms with E-state index in [1.807, 2.05) is 0 Å². The van der Waals surface area contributed by atoms with Gasteiger partial charge in [0, 0.05) is 0 Å². The van der Waals surface area contributed by atoms with E-state index in [0.29, 0.717) is 0 Å². The predicted molar refractivity (Wildman–Crippen MR) is 66.7 cm³/mol. The van der Waals surface area contributed by atoms with Crippen molar-refractivity contribution in [3.8, 4) is 0 Å². The molecule has 0 N–H and O–H groups in total. The molecule has 2 bridgehead atoms. The second-order valence-electron chi connectivity index (χ2n) is 4.98. The van der Waals surface area contributed by atoms with Crippen molar-refractivity contribution in [1.82, 2.24) is 0 Å². The van der Waals surface area contributed by atoms with Crippen LogP contribution in [0.2, 0.25) is 0 Å². The van der Waals surface area contributed by atoms with Crippen molar-refractivity contribution in [2.24, 2.45) is 11.8 Å². The number of unbranched alkanes of at least 4 members (excludes halogenated alkanes) is 1. The van der Waals surface area contributed by atoms with Crippen LogP contribution in [0.1, 0.15) is 45.4 Å². The molecule has 0 saturated heterocycles. The van der Waals surface area contributed by atoms with Gasteiger partial charge in [-0.25, -0.2) is 0 Å². The molecule has 2 aliphatic rings. The summed E-state index contributed by atoms with van der Waals surface area (Å²) in [6, 6.07) is 0. The summed E-state index contributed by atoms with van der Waals surface area (Å²) >= 11 is 0. The van der Waals surface area contributed by atoms with Gasteiger partial charge in [-0.05, 0) is 43.9 Å². The highest BCUT2D eigenvalue weighted by Gasteiger charge is 2.27. The quantitative estimate of drug-likeness (QED) is 0.434. The first-order chi connectivity index (χ1) is 7.29. The normalized spacial score (nSPS) is 27.1. The zero-order chi connectivity index (χ0) is 10.7. The highest BCUT2D eigenvalue weighted by atomic mass is 14.3. The summed E-state index contributed by atoms with van der Waals surface area (Å²) < 4.78 is 0. The molecule has 0 aromatic carbocycles. The molecule has 0 aromatic heterocycles. The lowest BCUT2D eigenvalue weighted by molar-refractivity contribution is 0.457. The number of hydrogen-bond acceptors (Lipinski definition) is 0. The van der Waals surface area contributed by atoms with Crippen LogP contribution < -0.4 is 0 Å². The van der Waals surface area contributed by atoms with Crippen molar-refractivity contribution in [1.29, 1.82) is 0 Å². The zero-order valence-corrected chi connectivity index (χ0v) is 9.84. The van der Waals surface area contributed by atoms with Crippen molar-refractivity contribution < 1.29 is 0 Å². The molecule has 2 rings (SSSR count). The minimum atomic E-state index is 0.856. The Hall–Kier alpha value is -0.780. The average Bonchev–Trinajstić information content (AvgIpc) is 2.85. The smallest absolute Gasteiger partial charge is 0.0127 e. The third-order valence-corrected chi connectivity index (χ3v) is 3.82. The summed E-state index contributed by atoms with van der Waals surface area (Å²) in [5.74, 6) is 1.72. The Balaban J connectivity index is 1.62. The standard InChI is InChI=1S/C15H22/c1-3-12(2)6-4-5-7-14-10-13-8-9-15(14)11-13/h8-10,14-15H,2-7,11H2,1H3. The topological polar surface area (TPSA) is 0 Å².